The minimum atomic E-state index is -4.53. The smallest absolute Gasteiger partial charge is 0.317 e. The van der Waals surface area contributed by atoms with E-state index in [0.29, 0.717) is 0 Å². The summed E-state index contributed by atoms with van der Waals surface area (Å²) in [5.41, 5.74) is -0.543. The lowest BCUT2D eigenvalue weighted by atomic mass is 10.1. The van der Waals surface area contributed by atoms with Crippen LogP contribution in [0.15, 0.2) is 72.4 Å². The molecular weight excluding hydrogens is 446 g/mol. The van der Waals surface area contributed by atoms with Gasteiger partial charge >= 0.3 is 6.18 Å². The molecule has 0 atom stereocenters. The van der Waals surface area contributed by atoms with Crippen LogP contribution < -0.4 is 10.2 Å². The fraction of sp³-hybridized carbons (Fsp3) is 0.0455. The zero-order chi connectivity index (χ0) is 23.0. The van der Waals surface area contributed by atoms with Crippen LogP contribution in [0.5, 0.6) is 0 Å². The SMILES string of the molecule is O=C1NC(=S)N(c2cccc(F)c2)C(=O)/C1=C/c1cccn1-c1cccc(C(F)(F)F)c1. The first kappa shape index (κ1) is 21.4. The predicted octanol–water partition coefficient (Wildman–Crippen LogP) is 4.47. The fourth-order valence-electron chi connectivity index (χ4n) is 3.23. The largest absolute Gasteiger partial charge is 0.416 e. The lowest BCUT2D eigenvalue weighted by molar-refractivity contribution is -0.137. The highest BCUT2D eigenvalue weighted by Gasteiger charge is 2.35. The summed E-state index contributed by atoms with van der Waals surface area (Å²) in [5.74, 6) is -2.16. The van der Waals surface area contributed by atoms with E-state index in [1.54, 1.807) is 6.07 Å². The van der Waals surface area contributed by atoms with Crippen molar-refractivity contribution in [1.29, 1.82) is 0 Å². The number of hydrogen-bond acceptors (Lipinski definition) is 3. The fourth-order valence-corrected chi connectivity index (χ4v) is 3.51. The molecule has 2 amide bonds. The van der Waals surface area contributed by atoms with Gasteiger partial charge in [-0.2, -0.15) is 13.2 Å². The molecule has 1 aromatic heterocycles. The van der Waals surface area contributed by atoms with Gasteiger partial charge in [-0.15, -0.1) is 0 Å². The van der Waals surface area contributed by atoms with Crippen LogP contribution in [0.25, 0.3) is 11.8 Å². The molecule has 0 saturated carbocycles. The van der Waals surface area contributed by atoms with Crippen LogP contribution in [0, 0.1) is 5.82 Å². The maximum atomic E-state index is 13.6. The van der Waals surface area contributed by atoms with Gasteiger partial charge in [-0.3, -0.25) is 19.8 Å². The van der Waals surface area contributed by atoms with E-state index in [9.17, 15) is 27.2 Å². The van der Waals surface area contributed by atoms with E-state index in [2.05, 4.69) is 5.32 Å². The molecule has 1 aliphatic rings. The minimum Gasteiger partial charge on any atom is -0.317 e. The molecule has 4 rings (SSSR count). The first-order valence-electron chi connectivity index (χ1n) is 9.17. The van der Waals surface area contributed by atoms with Gasteiger partial charge in [-0.25, -0.2) is 4.39 Å². The topological polar surface area (TPSA) is 54.3 Å². The Morgan fingerprint density at radius 1 is 0.938 bits per heavy atom. The molecule has 2 heterocycles. The summed E-state index contributed by atoms with van der Waals surface area (Å²) >= 11 is 5.07. The van der Waals surface area contributed by atoms with Crippen molar-refractivity contribution in [3.8, 4) is 5.69 Å². The van der Waals surface area contributed by atoms with Crippen molar-refractivity contribution in [3.05, 3.63) is 89.5 Å². The maximum Gasteiger partial charge on any atom is 0.416 e. The van der Waals surface area contributed by atoms with Gasteiger partial charge in [0.2, 0.25) is 0 Å². The van der Waals surface area contributed by atoms with Gasteiger partial charge in [0.1, 0.15) is 11.4 Å². The van der Waals surface area contributed by atoms with Gasteiger partial charge in [0.25, 0.3) is 11.8 Å². The van der Waals surface area contributed by atoms with Gasteiger partial charge in [0.15, 0.2) is 5.11 Å². The third kappa shape index (κ3) is 4.04. The van der Waals surface area contributed by atoms with E-state index in [-0.39, 0.29) is 27.8 Å². The predicted molar refractivity (Wildman–Crippen MR) is 113 cm³/mol. The number of anilines is 1. The highest BCUT2D eigenvalue weighted by atomic mass is 32.1. The Bertz CT molecular complexity index is 1280. The molecule has 10 heteroatoms. The van der Waals surface area contributed by atoms with E-state index in [1.165, 1.54) is 53.2 Å². The Morgan fingerprint density at radius 3 is 2.38 bits per heavy atom. The molecule has 0 aliphatic carbocycles. The molecule has 2 aromatic carbocycles. The van der Waals surface area contributed by atoms with Gasteiger partial charge < -0.3 is 4.57 Å². The van der Waals surface area contributed by atoms with E-state index in [0.717, 1.165) is 23.1 Å². The molecule has 0 unspecified atom stereocenters. The summed E-state index contributed by atoms with van der Waals surface area (Å²) in [6.07, 6.45) is -1.78. The number of rotatable bonds is 3. The zero-order valence-electron chi connectivity index (χ0n) is 16.1. The number of carbonyl (C=O) groups excluding carboxylic acids is 2. The van der Waals surface area contributed by atoms with Crippen LogP contribution in [-0.4, -0.2) is 21.5 Å². The van der Waals surface area contributed by atoms with Crippen molar-refractivity contribution < 1.29 is 27.2 Å². The highest BCUT2D eigenvalue weighted by Crippen LogP contribution is 2.31. The minimum absolute atomic E-state index is 0.124. The van der Waals surface area contributed by atoms with Crippen LogP contribution in [0.4, 0.5) is 23.2 Å². The zero-order valence-corrected chi connectivity index (χ0v) is 16.9. The number of nitrogens with zero attached hydrogens (tertiary/aromatic N) is 2. The molecule has 0 spiro atoms. The Labute approximate surface area is 184 Å². The second-order valence-corrected chi connectivity index (χ2v) is 7.18. The molecule has 32 heavy (non-hydrogen) atoms. The molecule has 1 saturated heterocycles. The Balaban J connectivity index is 1.75. The number of thiocarbonyl (C=S) groups is 1. The van der Waals surface area contributed by atoms with Crippen LogP contribution in [0.2, 0.25) is 0 Å². The van der Waals surface area contributed by atoms with Crippen molar-refractivity contribution in [1.82, 2.24) is 9.88 Å². The number of aromatic nitrogens is 1. The normalized spacial score (nSPS) is 15.9. The third-order valence-electron chi connectivity index (χ3n) is 4.69. The van der Waals surface area contributed by atoms with Crippen molar-refractivity contribution in [2.24, 2.45) is 0 Å². The average molecular weight is 459 g/mol. The van der Waals surface area contributed by atoms with Crippen molar-refractivity contribution >= 4 is 40.9 Å². The monoisotopic (exact) mass is 459 g/mol. The molecule has 3 aromatic rings. The number of alkyl halides is 3. The number of halogens is 4. The summed E-state index contributed by atoms with van der Waals surface area (Å²) in [6.45, 7) is 0. The van der Waals surface area contributed by atoms with Crippen LogP contribution >= 0.6 is 12.2 Å². The molecule has 1 N–H and O–H groups in total. The number of carbonyl (C=O) groups is 2. The van der Waals surface area contributed by atoms with Crippen LogP contribution in [-0.2, 0) is 15.8 Å². The van der Waals surface area contributed by atoms with Crippen LogP contribution in [0.1, 0.15) is 11.3 Å². The quantitative estimate of drug-likeness (QED) is 0.272. The van der Waals surface area contributed by atoms with Crippen LogP contribution in [0.3, 0.4) is 0 Å². The molecule has 1 aliphatic heterocycles. The van der Waals surface area contributed by atoms with E-state index < -0.39 is 29.4 Å². The first-order valence-corrected chi connectivity index (χ1v) is 9.58. The number of hydrogen-bond donors (Lipinski definition) is 1. The molecule has 1 fully saturated rings. The lowest BCUT2D eigenvalue weighted by Gasteiger charge is -2.29. The summed E-state index contributed by atoms with van der Waals surface area (Å²) in [6, 6.07) is 12.8. The number of nitrogens with one attached hydrogen (secondary N) is 1. The Kier molecular flexibility index (Phi) is 5.39. The van der Waals surface area contributed by atoms with E-state index >= 15 is 0 Å². The van der Waals surface area contributed by atoms with E-state index in [1.807, 2.05) is 0 Å². The van der Waals surface area contributed by atoms with Gasteiger partial charge in [0.05, 0.1) is 11.3 Å². The molecular formula is C22H13F4N3O2S. The van der Waals surface area contributed by atoms with Crippen molar-refractivity contribution in [2.45, 2.75) is 6.18 Å². The molecule has 0 radical (unpaired) electrons. The Morgan fingerprint density at radius 2 is 1.66 bits per heavy atom. The second kappa shape index (κ2) is 8.04. The van der Waals surface area contributed by atoms with Crippen molar-refractivity contribution in [3.63, 3.8) is 0 Å². The number of amides is 2. The summed E-state index contributed by atoms with van der Waals surface area (Å²) in [5, 5.41) is 2.17. The molecule has 162 valence electrons. The number of benzene rings is 2. The first-order chi connectivity index (χ1) is 15.1. The summed E-state index contributed by atoms with van der Waals surface area (Å²) < 4.78 is 54.3. The highest BCUT2D eigenvalue weighted by molar-refractivity contribution is 7.80. The van der Waals surface area contributed by atoms with E-state index in [4.69, 9.17) is 12.2 Å². The summed E-state index contributed by atoms with van der Waals surface area (Å²) in [4.78, 5) is 26.5. The summed E-state index contributed by atoms with van der Waals surface area (Å²) in [7, 11) is 0. The standard InChI is InChI=1S/C22H13F4N3O2S/c23-14-5-2-7-17(11-14)29-20(31)18(19(30)27-21(29)32)12-16-8-3-9-28(16)15-6-1-4-13(10-15)22(24,25)26/h1-12H,(H,27,30,32)/b18-12+. The van der Waals surface area contributed by atoms with Gasteiger partial charge in [0, 0.05) is 17.6 Å². The maximum absolute atomic E-state index is 13.6. The average Bonchev–Trinajstić information content (AvgIpc) is 3.19. The van der Waals surface area contributed by atoms with Gasteiger partial charge in [-0.1, -0.05) is 12.1 Å². The lowest BCUT2D eigenvalue weighted by Crippen LogP contribution is -2.54. The second-order valence-electron chi connectivity index (χ2n) is 6.79. The van der Waals surface area contributed by atoms with Gasteiger partial charge in [-0.05, 0) is 66.8 Å². The molecule has 5 nitrogen and oxygen atoms in total. The molecule has 0 bridgehead atoms. The Hall–Kier alpha value is -3.79. The third-order valence-corrected chi connectivity index (χ3v) is 4.98. The van der Waals surface area contributed by atoms with Crippen molar-refractivity contribution in [2.75, 3.05) is 4.90 Å².